The van der Waals surface area contributed by atoms with Crippen LogP contribution in [0.5, 0.6) is 0 Å². The maximum atomic E-state index is 15.1. The van der Waals surface area contributed by atoms with Crippen molar-refractivity contribution in [2.45, 2.75) is 13.3 Å². The Morgan fingerprint density at radius 2 is 1.88 bits per heavy atom. The van der Waals surface area contributed by atoms with E-state index < -0.39 is 38.7 Å². The highest BCUT2D eigenvalue weighted by Gasteiger charge is 2.27. The number of hydrogen-bond donors (Lipinski definition) is 3. The predicted molar refractivity (Wildman–Crippen MR) is 119 cm³/mol. The van der Waals surface area contributed by atoms with Crippen LogP contribution in [0.15, 0.2) is 49.2 Å². The van der Waals surface area contributed by atoms with E-state index in [0.29, 0.717) is 12.1 Å². The molecular formula is C21H18F2N6O3S. The van der Waals surface area contributed by atoms with Crippen LogP contribution in [-0.4, -0.2) is 39.9 Å². The Balaban J connectivity index is 1.79. The van der Waals surface area contributed by atoms with Gasteiger partial charge in [-0.05, 0) is 30.7 Å². The number of halogens is 2. The zero-order chi connectivity index (χ0) is 23.6. The maximum absolute atomic E-state index is 15.1. The van der Waals surface area contributed by atoms with Crippen LogP contribution in [0.3, 0.4) is 0 Å². The van der Waals surface area contributed by atoms with Crippen LogP contribution >= 0.6 is 0 Å². The molecule has 1 aromatic carbocycles. The highest BCUT2D eigenvalue weighted by molar-refractivity contribution is 7.92. The van der Waals surface area contributed by atoms with Crippen LogP contribution in [-0.2, 0) is 10.0 Å². The van der Waals surface area contributed by atoms with Gasteiger partial charge in [0.05, 0.1) is 28.0 Å². The van der Waals surface area contributed by atoms with Crippen molar-refractivity contribution in [2.75, 3.05) is 15.8 Å². The van der Waals surface area contributed by atoms with E-state index in [9.17, 15) is 17.6 Å². The van der Waals surface area contributed by atoms with Gasteiger partial charge < -0.3 is 10.3 Å². The van der Waals surface area contributed by atoms with E-state index >= 15 is 4.39 Å². The van der Waals surface area contributed by atoms with Gasteiger partial charge in [-0.2, -0.15) is 0 Å². The Hall–Kier alpha value is -3.93. The molecule has 12 heteroatoms. The molecule has 0 aliphatic carbocycles. The third-order valence-corrected chi connectivity index (χ3v) is 6.19. The Morgan fingerprint density at radius 1 is 1.12 bits per heavy atom. The fraction of sp³-hybridized carbons (Fsp3) is 0.143. The Bertz CT molecular complexity index is 1440. The van der Waals surface area contributed by atoms with E-state index in [0.717, 1.165) is 12.1 Å². The van der Waals surface area contributed by atoms with Crippen LogP contribution in [0.1, 0.15) is 29.3 Å². The molecule has 33 heavy (non-hydrogen) atoms. The molecule has 0 saturated heterocycles. The maximum Gasteiger partial charge on any atom is 0.232 e. The Morgan fingerprint density at radius 3 is 2.61 bits per heavy atom. The minimum atomic E-state index is -3.86. The molecule has 0 radical (unpaired) electrons. The summed E-state index contributed by atoms with van der Waals surface area (Å²) in [6, 6.07) is 5.12. The summed E-state index contributed by atoms with van der Waals surface area (Å²) in [6.45, 7) is 1.64. The predicted octanol–water partition coefficient (Wildman–Crippen LogP) is 3.76. The van der Waals surface area contributed by atoms with E-state index in [4.69, 9.17) is 0 Å². The smallest absolute Gasteiger partial charge is 0.232 e. The number of aromatic nitrogens is 4. The summed E-state index contributed by atoms with van der Waals surface area (Å²) >= 11 is 0. The summed E-state index contributed by atoms with van der Waals surface area (Å²) in [5, 5.41) is 3.24. The van der Waals surface area contributed by atoms with E-state index in [1.807, 2.05) is 0 Å². The molecule has 0 atom stereocenters. The highest BCUT2D eigenvalue weighted by atomic mass is 32.2. The van der Waals surface area contributed by atoms with E-state index in [-0.39, 0.29) is 28.2 Å². The monoisotopic (exact) mass is 472 g/mol. The van der Waals surface area contributed by atoms with Gasteiger partial charge in [-0.25, -0.2) is 27.2 Å². The molecule has 3 N–H and O–H groups in total. The second kappa shape index (κ2) is 8.90. The van der Waals surface area contributed by atoms with Gasteiger partial charge in [0.2, 0.25) is 15.8 Å². The molecule has 3 heterocycles. The van der Waals surface area contributed by atoms with Gasteiger partial charge in [-0.15, -0.1) is 0 Å². The summed E-state index contributed by atoms with van der Waals surface area (Å²) in [6.07, 6.45) is 5.94. The molecule has 0 saturated carbocycles. The quantitative estimate of drug-likeness (QED) is 0.333. The summed E-state index contributed by atoms with van der Waals surface area (Å²) in [5.74, 6) is -3.46. The molecule has 4 aromatic rings. The number of ketones is 1. The van der Waals surface area contributed by atoms with Crippen LogP contribution < -0.4 is 10.0 Å². The Kier molecular flexibility index (Phi) is 6.01. The zero-order valence-electron chi connectivity index (χ0n) is 17.3. The first-order valence-corrected chi connectivity index (χ1v) is 11.5. The second-order valence-electron chi connectivity index (χ2n) is 7.04. The number of H-pyrrole nitrogens is 1. The average molecular weight is 472 g/mol. The highest BCUT2D eigenvalue weighted by Crippen LogP contribution is 2.30. The number of nitrogens with one attached hydrogen (secondary N) is 3. The first-order chi connectivity index (χ1) is 15.8. The fourth-order valence-corrected chi connectivity index (χ4v) is 4.40. The largest absolute Gasteiger partial charge is 0.345 e. The number of rotatable bonds is 8. The molecule has 0 unspecified atom stereocenters. The minimum Gasteiger partial charge on any atom is -0.345 e. The lowest BCUT2D eigenvalue weighted by molar-refractivity contribution is 0.103. The van der Waals surface area contributed by atoms with E-state index in [2.05, 4.69) is 30.0 Å². The standard InChI is InChI=1S/C21H18F2N6O3S/c1-2-9-33(31,32)29-15-4-3-14(22)17(18(15)23)19(30)13-10-25-20-16(13)21(27-11-26-20)28-12-5-7-24-8-6-12/h3-8,10-11,29H,2,9H2,1H3,(H2,24,25,26,27,28). The van der Waals surface area contributed by atoms with Crippen LogP contribution in [0.25, 0.3) is 11.0 Å². The summed E-state index contributed by atoms with van der Waals surface area (Å²) < 4.78 is 55.9. The Labute approximate surface area is 187 Å². The van der Waals surface area contributed by atoms with Crippen LogP contribution in [0, 0.1) is 11.6 Å². The third kappa shape index (κ3) is 4.51. The van der Waals surface area contributed by atoms with Crippen molar-refractivity contribution in [3.63, 3.8) is 0 Å². The van der Waals surface area contributed by atoms with Gasteiger partial charge in [-0.1, -0.05) is 6.92 Å². The first-order valence-electron chi connectivity index (χ1n) is 9.83. The summed E-state index contributed by atoms with van der Waals surface area (Å²) in [4.78, 5) is 28.2. The minimum absolute atomic E-state index is 0.0893. The molecule has 0 bridgehead atoms. The van der Waals surface area contributed by atoms with E-state index in [1.165, 1.54) is 12.5 Å². The van der Waals surface area contributed by atoms with Gasteiger partial charge in [0.15, 0.2) is 5.82 Å². The lowest BCUT2D eigenvalue weighted by atomic mass is 10.0. The number of carbonyl (C=O) groups is 1. The van der Waals surface area contributed by atoms with Gasteiger partial charge in [0.1, 0.15) is 23.6 Å². The zero-order valence-corrected chi connectivity index (χ0v) is 18.1. The van der Waals surface area contributed by atoms with Crippen molar-refractivity contribution in [1.82, 2.24) is 19.9 Å². The van der Waals surface area contributed by atoms with Gasteiger partial charge in [-0.3, -0.25) is 14.5 Å². The lowest BCUT2D eigenvalue weighted by Crippen LogP contribution is -2.18. The molecule has 0 fully saturated rings. The number of anilines is 3. The number of carbonyl (C=O) groups excluding carboxylic acids is 1. The van der Waals surface area contributed by atoms with Crippen molar-refractivity contribution in [3.05, 3.63) is 71.9 Å². The summed E-state index contributed by atoms with van der Waals surface area (Å²) in [7, 11) is -3.86. The van der Waals surface area contributed by atoms with Crippen molar-refractivity contribution in [2.24, 2.45) is 0 Å². The van der Waals surface area contributed by atoms with Gasteiger partial charge in [0.25, 0.3) is 0 Å². The molecular weight excluding hydrogens is 454 g/mol. The number of nitrogens with zero attached hydrogens (tertiary/aromatic N) is 3. The summed E-state index contributed by atoms with van der Waals surface area (Å²) in [5.41, 5.74) is -0.612. The number of benzene rings is 1. The normalized spacial score (nSPS) is 11.5. The lowest BCUT2D eigenvalue weighted by Gasteiger charge is -2.12. The second-order valence-corrected chi connectivity index (χ2v) is 8.88. The van der Waals surface area contributed by atoms with Crippen LogP contribution in [0.4, 0.5) is 26.0 Å². The SMILES string of the molecule is CCCS(=O)(=O)Nc1ccc(F)c(C(=O)c2c[nH]c3ncnc(Nc4ccncc4)c23)c1F. The third-order valence-electron chi connectivity index (χ3n) is 4.71. The fourth-order valence-electron chi connectivity index (χ4n) is 3.27. The number of sulfonamides is 1. The van der Waals surface area contributed by atoms with Crippen molar-refractivity contribution >= 4 is 44.0 Å². The molecule has 0 aliphatic heterocycles. The number of pyridine rings is 1. The van der Waals surface area contributed by atoms with Crippen molar-refractivity contribution in [1.29, 1.82) is 0 Å². The van der Waals surface area contributed by atoms with Crippen molar-refractivity contribution in [3.8, 4) is 0 Å². The number of aromatic amines is 1. The van der Waals surface area contributed by atoms with Crippen molar-refractivity contribution < 1.29 is 22.0 Å². The molecule has 170 valence electrons. The molecule has 3 aromatic heterocycles. The van der Waals surface area contributed by atoms with Crippen LogP contribution in [0.2, 0.25) is 0 Å². The molecule has 9 nitrogen and oxygen atoms in total. The number of hydrogen-bond acceptors (Lipinski definition) is 7. The van der Waals surface area contributed by atoms with Gasteiger partial charge >= 0.3 is 0 Å². The van der Waals surface area contributed by atoms with Gasteiger partial charge in [0, 0.05) is 24.3 Å². The topological polar surface area (TPSA) is 130 Å². The molecule has 4 rings (SSSR count). The molecule has 0 spiro atoms. The number of fused-ring (bicyclic) bond motifs is 1. The average Bonchev–Trinajstić information content (AvgIpc) is 3.22. The molecule has 0 amide bonds. The first kappa shape index (κ1) is 22.3. The molecule has 0 aliphatic rings. The van der Waals surface area contributed by atoms with E-state index in [1.54, 1.807) is 31.5 Å².